The highest BCUT2D eigenvalue weighted by molar-refractivity contribution is 5.85. The number of nitrogens with one attached hydrogen (secondary N) is 1. The van der Waals surface area contributed by atoms with Crippen molar-refractivity contribution in [2.75, 3.05) is 26.0 Å². The fourth-order valence-electron chi connectivity index (χ4n) is 2.23. The number of carbonyl (C=O) groups excluding carboxylic acids is 1. The van der Waals surface area contributed by atoms with Crippen molar-refractivity contribution in [1.29, 1.82) is 0 Å². The molecule has 1 unspecified atom stereocenters. The lowest BCUT2D eigenvalue weighted by molar-refractivity contribution is -0.124. The normalized spacial score (nSPS) is 12.3. The van der Waals surface area contributed by atoms with Gasteiger partial charge >= 0.3 is 0 Å². The summed E-state index contributed by atoms with van der Waals surface area (Å²) in [7, 11) is 1.56. The number of nitrogens with zero attached hydrogens (tertiary/aromatic N) is 1. The molecule has 0 spiro atoms. The number of ether oxygens (including phenoxy) is 1. The topological polar surface area (TPSA) is 86.3 Å². The number of nitrogens with two attached hydrogens (primary N) is 1. The SMILES string of the molecule is COCCNC(=O)C(C)n1c(N)cc2ccccc2c1=O. The highest BCUT2D eigenvalue weighted by Crippen LogP contribution is 2.16. The molecule has 1 aromatic heterocycles. The Labute approximate surface area is 122 Å². The van der Waals surface area contributed by atoms with E-state index in [1.807, 2.05) is 12.1 Å². The number of pyridine rings is 1. The molecule has 0 aliphatic rings. The van der Waals surface area contributed by atoms with Crippen LogP contribution in [0.5, 0.6) is 0 Å². The molecule has 6 heteroatoms. The predicted octanol–water partition coefficient (Wildman–Crippen LogP) is 0.907. The highest BCUT2D eigenvalue weighted by Gasteiger charge is 2.19. The molecule has 0 saturated carbocycles. The molecule has 6 nitrogen and oxygen atoms in total. The van der Waals surface area contributed by atoms with E-state index in [0.29, 0.717) is 18.5 Å². The van der Waals surface area contributed by atoms with Gasteiger partial charge in [-0.1, -0.05) is 18.2 Å². The zero-order valence-corrected chi connectivity index (χ0v) is 12.1. The zero-order chi connectivity index (χ0) is 15.4. The van der Waals surface area contributed by atoms with E-state index in [2.05, 4.69) is 5.32 Å². The Morgan fingerprint density at radius 1 is 1.43 bits per heavy atom. The molecule has 1 heterocycles. The number of hydrogen-bond acceptors (Lipinski definition) is 4. The van der Waals surface area contributed by atoms with Gasteiger partial charge in [0.2, 0.25) is 5.91 Å². The summed E-state index contributed by atoms with van der Waals surface area (Å²) in [5.41, 5.74) is 5.68. The second-order valence-electron chi connectivity index (χ2n) is 4.79. The van der Waals surface area contributed by atoms with Gasteiger partial charge in [0.15, 0.2) is 0 Å². The third-order valence-electron chi connectivity index (χ3n) is 3.36. The van der Waals surface area contributed by atoms with Gasteiger partial charge in [0.25, 0.3) is 5.56 Å². The lowest BCUT2D eigenvalue weighted by Crippen LogP contribution is -2.38. The van der Waals surface area contributed by atoms with E-state index in [0.717, 1.165) is 5.39 Å². The van der Waals surface area contributed by atoms with Crippen molar-refractivity contribution < 1.29 is 9.53 Å². The lowest BCUT2D eigenvalue weighted by Gasteiger charge is -2.18. The molecule has 0 saturated heterocycles. The van der Waals surface area contributed by atoms with Gasteiger partial charge in [-0.05, 0) is 24.4 Å². The van der Waals surface area contributed by atoms with Crippen LogP contribution in [0, 0.1) is 0 Å². The first-order valence-electron chi connectivity index (χ1n) is 6.72. The average molecular weight is 289 g/mol. The van der Waals surface area contributed by atoms with E-state index in [4.69, 9.17) is 10.5 Å². The molecule has 1 atom stereocenters. The first-order chi connectivity index (χ1) is 10.1. The van der Waals surface area contributed by atoms with E-state index < -0.39 is 6.04 Å². The van der Waals surface area contributed by atoms with Gasteiger partial charge in [-0.2, -0.15) is 0 Å². The van der Waals surface area contributed by atoms with E-state index in [-0.39, 0.29) is 17.3 Å². The van der Waals surface area contributed by atoms with Gasteiger partial charge in [0.1, 0.15) is 11.9 Å². The second kappa shape index (κ2) is 6.41. The minimum absolute atomic E-state index is 0.264. The van der Waals surface area contributed by atoms with Crippen LogP contribution in [0.4, 0.5) is 5.82 Å². The number of benzene rings is 1. The number of hydrogen-bond donors (Lipinski definition) is 2. The first-order valence-corrected chi connectivity index (χ1v) is 6.72. The van der Waals surface area contributed by atoms with E-state index in [1.165, 1.54) is 4.57 Å². The van der Waals surface area contributed by atoms with Gasteiger partial charge in [0, 0.05) is 19.0 Å². The summed E-state index contributed by atoms with van der Waals surface area (Å²) in [6.07, 6.45) is 0. The maximum Gasteiger partial charge on any atom is 0.260 e. The zero-order valence-electron chi connectivity index (χ0n) is 12.1. The van der Waals surface area contributed by atoms with Crippen LogP contribution >= 0.6 is 0 Å². The van der Waals surface area contributed by atoms with Crippen LogP contribution in [0.15, 0.2) is 35.1 Å². The molecule has 0 bridgehead atoms. The van der Waals surface area contributed by atoms with Gasteiger partial charge in [-0.3, -0.25) is 14.2 Å². The van der Waals surface area contributed by atoms with Crippen molar-refractivity contribution in [3.05, 3.63) is 40.7 Å². The Bertz CT molecular complexity index is 709. The number of methoxy groups -OCH3 is 1. The minimum atomic E-state index is -0.682. The number of carbonyl (C=O) groups is 1. The third-order valence-corrected chi connectivity index (χ3v) is 3.36. The van der Waals surface area contributed by atoms with Crippen LogP contribution in [-0.2, 0) is 9.53 Å². The molecular formula is C15H19N3O3. The summed E-state index contributed by atoms with van der Waals surface area (Å²) >= 11 is 0. The smallest absolute Gasteiger partial charge is 0.260 e. The lowest BCUT2D eigenvalue weighted by atomic mass is 10.1. The Hall–Kier alpha value is -2.34. The van der Waals surface area contributed by atoms with Crippen LogP contribution in [0.1, 0.15) is 13.0 Å². The highest BCUT2D eigenvalue weighted by atomic mass is 16.5. The van der Waals surface area contributed by atoms with Gasteiger partial charge in [-0.25, -0.2) is 0 Å². The molecule has 21 heavy (non-hydrogen) atoms. The number of anilines is 1. The monoisotopic (exact) mass is 289 g/mol. The van der Waals surface area contributed by atoms with Gasteiger partial charge in [0.05, 0.1) is 6.61 Å². The summed E-state index contributed by atoms with van der Waals surface area (Å²) < 4.78 is 6.18. The Morgan fingerprint density at radius 2 is 2.14 bits per heavy atom. The minimum Gasteiger partial charge on any atom is -0.385 e. The van der Waals surface area contributed by atoms with Gasteiger partial charge < -0.3 is 15.8 Å². The van der Waals surface area contributed by atoms with Crippen LogP contribution in [0.3, 0.4) is 0 Å². The standard InChI is InChI=1S/C15H19N3O3/c1-10(14(19)17-7-8-21-2)18-13(16)9-11-5-3-4-6-12(11)15(18)20/h3-6,9-10H,7-8,16H2,1-2H3,(H,17,19). The summed E-state index contributed by atoms with van der Waals surface area (Å²) in [6.45, 7) is 2.46. The molecule has 2 rings (SSSR count). The number of nitrogen functional groups attached to an aromatic ring is 1. The Balaban J connectivity index is 2.37. The molecular weight excluding hydrogens is 270 g/mol. The fourth-order valence-corrected chi connectivity index (χ4v) is 2.23. The first kappa shape index (κ1) is 15.1. The van der Waals surface area contributed by atoms with Gasteiger partial charge in [-0.15, -0.1) is 0 Å². The van der Waals surface area contributed by atoms with E-state index in [1.54, 1.807) is 32.2 Å². The number of rotatable bonds is 5. The van der Waals surface area contributed by atoms with E-state index in [9.17, 15) is 9.59 Å². The van der Waals surface area contributed by atoms with Crippen molar-refractivity contribution in [2.24, 2.45) is 0 Å². The van der Waals surface area contributed by atoms with Crippen molar-refractivity contribution in [3.63, 3.8) is 0 Å². The van der Waals surface area contributed by atoms with E-state index >= 15 is 0 Å². The third kappa shape index (κ3) is 3.05. The quantitative estimate of drug-likeness (QED) is 0.801. The molecule has 1 amide bonds. The Morgan fingerprint density at radius 3 is 2.86 bits per heavy atom. The van der Waals surface area contributed by atoms with Crippen molar-refractivity contribution in [2.45, 2.75) is 13.0 Å². The summed E-state index contributed by atoms with van der Waals surface area (Å²) in [4.78, 5) is 24.6. The maximum absolute atomic E-state index is 12.5. The predicted molar refractivity (Wildman–Crippen MR) is 82.2 cm³/mol. The molecule has 112 valence electrons. The van der Waals surface area contributed by atoms with Crippen molar-refractivity contribution in [1.82, 2.24) is 9.88 Å². The van der Waals surface area contributed by atoms with Crippen LogP contribution in [0.25, 0.3) is 10.8 Å². The van der Waals surface area contributed by atoms with Crippen molar-refractivity contribution in [3.8, 4) is 0 Å². The molecule has 2 aromatic rings. The average Bonchev–Trinajstić information content (AvgIpc) is 2.47. The maximum atomic E-state index is 12.5. The molecule has 3 N–H and O–H groups in total. The molecule has 0 radical (unpaired) electrons. The summed E-state index contributed by atoms with van der Waals surface area (Å²) in [5, 5.41) is 4.02. The fraction of sp³-hybridized carbons (Fsp3) is 0.333. The summed E-state index contributed by atoms with van der Waals surface area (Å²) in [5.74, 6) is 0.00391. The number of aromatic nitrogens is 1. The Kier molecular flexibility index (Phi) is 4.59. The molecule has 0 aliphatic heterocycles. The van der Waals surface area contributed by atoms with Crippen molar-refractivity contribution >= 4 is 22.5 Å². The second-order valence-corrected chi connectivity index (χ2v) is 4.79. The van der Waals surface area contributed by atoms with Crippen LogP contribution in [0.2, 0.25) is 0 Å². The number of fused-ring (bicyclic) bond motifs is 1. The summed E-state index contributed by atoms with van der Waals surface area (Å²) in [6, 6.07) is 8.19. The molecule has 1 aromatic carbocycles. The molecule has 0 aliphatic carbocycles. The van der Waals surface area contributed by atoms with Crippen LogP contribution in [-0.4, -0.2) is 30.7 Å². The number of amides is 1. The van der Waals surface area contributed by atoms with Crippen LogP contribution < -0.4 is 16.6 Å². The largest absolute Gasteiger partial charge is 0.385 e. The molecule has 0 fully saturated rings.